The van der Waals surface area contributed by atoms with Crippen LogP contribution in [0.1, 0.15) is 4.88 Å². The fourth-order valence-corrected chi connectivity index (χ4v) is 2.60. The molecule has 0 atom stereocenters. The molecule has 0 saturated carbocycles. The maximum Gasteiger partial charge on any atom is 0.0701 e. The van der Waals surface area contributed by atoms with Crippen molar-refractivity contribution in [1.29, 1.82) is 0 Å². The monoisotopic (exact) mass is 323 g/mol. The average molecular weight is 325 g/mol. The normalized spacial score (nSPS) is 10.3. The minimum Gasteiger partial charge on any atom is -0.312 e. The van der Waals surface area contributed by atoms with Crippen molar-refractivity contribution < 1.29 is 0 Å². The van der Waals surface area contributed by atoms with Crippen LogP contribution in [0.2, 0.25) is 0 Å². The van der Waals surface area contributed by atoms with Crippen LogP contribution in [0.4, 0.5) is 0 Å². The molecule has 0 aromatic carbocycles. The second-order valence-corrected chi connectivity index (χ2v) is 6.32. The molecule has 0 radical (unpaired) electrons. The quantitative estimate of drug-likeness (QED) is 0.817. The summed E-state index contributed by atoms with van der Waals surface area (Å²) in [6, 6.07) is 4.24. The van der Waals surface area contributed by atoms with Gasteiger partial charge < -0.3 is 5.32 Å². The Labute approximate surface area is 99.5 Å². The van der Waals surface area contributed by atoms with E-state index in [2.05, 4.69) is 55.9 Å². The highest BCUT2D eigenvalue weighted by atomic mass is 79.9. The van der Waals surface area contributed by atoms with Gasteiger partial charge in [-0.1, -0.05) is 22.5 Å². The highest BCUT2D eigenvalue weighted by Crippen LogP contribution is 2.21. The van der Waals surface area contributed by atoms with Crippen molar-refractivity contribution in [1.82, 2.24) is 5.32 Å². The van der Waals surface area contributed by atoms with Crippen molar-refractivity contribution in [3.8, 4) is 0 Å². The molecule has 1 nitrogen and oxygen atoms in total. The van der Waals surface area contributed by atoms with Gasteiger partial charge in [-0.25, -0.2) is 0 Å². The third-order valence-corrected chi connectivity index (χ3v) is 3.46. The molecule has 1 rings (SSSR count). The first-order valence-corrected chi connectivity index (χ1v) is 6.37. The number of hydrogen-bond donors (Lipinski definition) is 1. The fourth-order valence-electron chi connectivity index (χ4n) is 0.922. The van der Waals surface area contributed by atoms with E-state index in [0.717, 1.165) is 24.0 Å². The zero-order valence-electron chi connectivity index (χ0n) is 7.15. The molecule has 0 unspecified atom stereocenters. The van der Waals surface area contributed by atoms with Crippen LogP contribution in [0.3, 0.4) is 0 Å². The number of thiophene rings is 1. The van der Waals surface area contributed by atoms with Crippen LogP contribution >= 0.6 is 43.2 Å². The minimum atomic E-state index is 0.840. The van der Waals surface area contributed by atoms with Crippen molar-refractivity contribution in [2.75, 3.05) is 13.1 Å². The second-order valence-electron chi connectivity index (χ2n) is 2.65. The Balaban J connectivity index is 2.16. The SMILES string of the molecule is C=C(Br)CNCCc1ccc(Br)s1. The summed E-state index contributed by atoms with van der Waals surface area (Å²) in [7, 11) is 0. The van der Waals surface area contributed by atoms with Crippen LogP contribution in [0.25, 0.3) is 0 Å². The third kappa shape index (κ3) is 4.96. The van der Waals surface area contributed by atoms with Gasteiger partial charge in [0.1, 0.15) is 0 Å². The van der Waals surface area contributed by atoms with E-state index >= 15 is 0 Å². The molecule has 13 heavy (non-hydrogen) atoms. The van der Waals surface area contributed by atoms with Crippen LogP contribution in [-0.4, -0.2) is 13.1 Å². The maximum absolute atomic E-state index is 3.75. The molecule has 1 N–H and O–H groups in total. The molecule has 0 aliphatic carbocycles. The number of hydrogen-bond acceptors (Lipinski definition) is 2. The lowest BCUT2D eigenvalue weighted by Gasteiger charge is -2.00. The molecule has 0 saturated heterocycles. The molecule has 0 spiro atoms. The van der Waals surface area contributed by atoms with Crippen molar-refractivity contribution in [3.63, 3.8) is 0 Å². The van der Waals surface area contributed by atoms with E-state index in [0.29, 0.717) is 0 Å². The van der Waals surface area contributed by atoms with E-state index < -0.39 is 0 Å². The molecular formula is C9H11Br2NS. The van der Waals surface area contributed by atoms with E-state index in [1.54, 1.807) is 11.3 Å². The number of rotatable bonds is 5. The molecule has 0 bridgehead atoms. The van der Waals surface area contributed by atoms with Gasteiger partial charge in [0.25, 0.3) is 0 Å². The van der Waals surface area contributed by atoms with Crippen molar-refractivity contribution in [2.45, 2.75) is 6.42 Å². The van der Waals surface area contributed by atoms with Gasteiger partial charge in [0.05, 0.1) is 3.79 Å². The summed E-state index contributed by atoms with van der Waals surface area (Å²) in [6.45, 7) is 5.59. The molecule has 1 aromatic heterocycles. The van der Waals surface area contributed by atoms with Gasteiger partial charge in [0, 0.05) is 22.4 Å². The van der Waals surface area contributed by atoms with Gasteiger partial charge in [-0.15, -0.1) is 11.3 Å². The van der Waals surface area contributed by atoms with Crippen LogP contribution in [0.15, 0.2) is 27.0 Å². The Hall–Kier alpha value is 0.360. The molecule has 0 aliphatic rings. The summed E-state index contributed by atoms with van der Waals surface area (Å²) >= 11 is 8.53. The number of halogens is 2. The molecule has 4 heteroatoms. The Morgan fingerprint density at radius 3 is 2.85 bits per heavy atom. The Morgan fingerprint density at radius 2 is 2.31 bits per heavy atom. The van der Waals surface area contributed by atoms with Gasteiger partial charge in [-0.05, 0) is 34.5 Å². The van der Waals surface area contributed by atoms with Crippen molar-refractivity contribution in [2.24, 2.45) is 0 Å². The predicted octanol–water partition coefficient (Wildman–Crippen LogP) is 3.55. The lowest BCUT2D eigenvalue weighted by atomic mass is 10.3. The van der Waals surface area contributed by atoms with E-state index in [-0.39, 0.29) is 0 Å². The first-order chi connectivity index (χ1) is 6.18. The predicted molar refractivity (Wildman–Crippen MR) is 66.7 cm³/mol. The van der Waals surface area contributed by atoms with E-state index in [1.807, 2.05) is 0 Å². The third-order valence-electron chi connectivity index (χ3n) is 1.49. The lowest BCUT2D eigenvalue weighted by Crippen LogP contribution is -2.17. The second kappa shape index (κ2) is 5.96. The standard InChI is InChI=1S/C9H11Br2NS/c1-7(10)6-12-5-4-8-2-3-9(11)13-8/h2-3,12H,1,4-6H2. The zero-order chi connectivity index (χ0) is 9.68. The van der Waals surface area contributed by atoms with Crippen LogP contribution < -0.4 is 5.32 Å². The topological polar surface area (TPSA) is 12.0 Å². The zero-order valence-corrected chi connectivity index (χ0v) is 11.1. The van der Waals surface area contributed by atoms with Gasteiger partial charge in [-0.3, -0.25) is 0 Å². The summed E-state index contributed by atoms with van der Waals surface area (Å²) < 4.78 is 2.20. The summed E-state index contributed by atoms with van der Waals surface area (Å²) in [4.78, 5) is 1.40. The fraction of sp³-hybridized carbons (Fsp3) is 0.333. The summed E-state index contributed by atoms with van der Waals surface area (Å²) in [5.41, 5.74) is 0. The molecule has 1 heterocycles. The Kier molecular flexibility index (Phi) is 5.24. The smallest absolute Gasteiger partial charge is 0.0701 e. The van der Waals surface area contributed by atoms with Gasteiger partial charge in [0.15, 0.2) is 0 Å². The molecule has 0 amide bonds. The molecule has 72 valence electrons. The summed E-state index contributed by atoms with van der Waals surface area (Å²) in [6.07, 6.45) is 1.08. The van der Waals surface area contributed by atoms with Crippen LogP contribution in [0, 0.1) is 0 Å². The Bertz CT molecular complexity index is 283. The molecular weight excluding hydrogens is 314 g/mol. The molecule has 1 aromatic rings. The van der Waals surface area contributed by atoms with E-state index in [1.165, 1.54) is 8.66 Å². The van der Waals surface area contributed by atoms with Gasteiger partial charge in [-0.2, -0.15) is 0 Å². The largest absolute Gasteiger partial charge is 0.312 e. The van der Waals surface area contributed by atoms with Crippen LogP contribution in [-0.2, 0) is 6.42 Å². The first kappa shape index (κ1) is 11.4. The average Bonchev–Trinajstić information content (AvgIpc) is 2.45. The summed E-state index contributed by atoms with van der Waals surface area (Å²) in [5, 5.41) is 3.29. The first-order valence-electron chi connectivity index (χ1n) is 3.96. The highest BCUT2D eigenvalue weighted by molar-refractivity contribution is 9.11. The lowest BCUT2D eigenvalue weighted by molar-refractivity contribution is 0.748. The van der Waals surface area contributed by atoms with Crippen molar-refractivity contribution >= 4 is 43.2 Å². The van der Waals surface area contributed by atoms with Gasteiger partial charge in [0.2, 0.25) is 0 Å². The van der Waals surface area contributed by atoms with Crippen molar-refractivity contribution in [3.05, 3.63) is 31.9 Å². The minimum absolute atomic E-state index is 0.840. The van der Waals surface area contributed by atoms with Gasteiger partial charge >= 0.3 is 0 Å². The number of nitrogens with one attached hydrogen (secondary N) is 1. The van der Waals surface area contributed by atoms with E-state index in [9.17, 15) is 0 Å². The molecule has 0 aliphatic heterocycles. The Morgan fingerprint density at radius 1 is 1.54 bits per heavy atom. The maximum atomic E-state index is 3.75. The summed E-state index contributed by atoms with van der Waals surface area (Å²) in [5.74, 6) is 0. The van der Waals surface area contributed by atoms with Crippen LogP contribution in [0.5, 0.6) is 0 Å². The van der Waals surface area contributed by atoms with E-state index in [4.69, 9.17) is 0 Å². The molecule has 0 fully saturated rings. The highest BCUT2D eigenvalue weighted by Gasteiger charge is 1.96.